The largest absolute Gasteiger partial charge is 0.377 e. The van der Waals surface area contributed by atoms with E-state index in [1.165, 1.54) is 19.3 Å². The van der Waals surface area contributed by atoms with Gasteiger partial charge in [-0.25, -0.2) is 0 Å². The predicted molar refractivity (Wildman–Crippen MR) is 55.9 cm³/mol. The summed E-state index contributed by atoms with van der Waals surface area (Å²) in [5.41, 5.74) is 0. The van der Waals surface area contributed by atoms with E-state index in [-0.39, 0.29) is 0 Å². The highest BCUT2D eigenvalue weighted by molar-refractivity contribution is 4.72. The minimum Gasteiger partial charge on any atom is -0.377 e. The van der Waals surface area contributed by atoms with Crippen LogP contribution in [0.5, 0.6) is 0 Å². The highest BCUT2D eigenvalue weighted by Crippen LogP contribution is 2.12. The van der Waals surface area contributed by atoms with Crippen LogP contribution in [0.2, 0.25) is 0 Å². The Morgan fingerprint density at radius 1 is 1.46 bits per heavy atom. The van der Waals surface area contributed by atoms with Gasteiger partial charge in [0.1, 0.15) is 0 Å². The molecule has 0 aliphatic carbocycles. The van der Waals surface area contributed by atoms with Gasteiger partial charge in [-0.15, -0.1) is 0 Å². The fourth-order valence-electron chi connectivity index (χ4n) is 1.68. The van der Waals surface area contributed by atoms with Crippen molar-refractivity contribution in [1.29, 1.82) is 0 Å². The van der Waals surface area contributed by atoms with Gasteiger partial charge in [-0.1, -0.05) is 20.3 Å². The van der Waals surface area contributed by atoms with Crippen LogP contribution in [0.25, 0.3) is 0 Å². The van der Waals surface area contributed by atoms with E-state index in [1.54, 1.807) is 0 Å². The summed E-state index contributed by atoms with van der Waals surface area (Å²) in [6.07, 6.45) is 4.20. The van der Waals surface area contributed by atoms with Gasteiger partial charge < -0.3 is 10.1 Å². The van der Waals surface area contributed by atoms with Crippen LogP contribution in [0, 0.1) is 5.92 Å². The van der Waals surface area contributed by atoms with Crippen molar-refractivity contribution < 1.29 is 4.74 Å². The molecule has 1 aliphatic heterocycles. The van der Waals surface area contributed by atoms with Crippen molar-refractivity contribution in [2.45, 2.75) is 52.2 Å². The van der Waals surface area contributed by atoms with Crippen molar-refractivity contribution in [2.75, 3.05) is 13.2 Å². The summed E-state index contributed by atoms with van der Waals surface area (Å²) in [4.78, 5) is 0. The first kappa shape index (κ1) is 11.0. The molecule has 0 bridgehead atoms. The minimum absolute atomic E-state index is 0.478. The van der Waals surface area contributed by atoms with E-state index in [0.29, 0.717) is 12.1 Å². The summed E-state index contributed by atoms with van der Waals surface area (Å²) in [6.45, 7) is 8.81. The Morgan fingerprint density at radius 3 is 2.77 bits per heavy atom. The highest BCUT2D eigenvalue weighted by Gasteiger charge is 2.17. The van der Waals surface area contributed by atoms with E-state index in [0.717, 1.165) is 19.1 Å². The normalized spacial score (nSPS) is 27.5. The quantitative estimate of drug-likeness (QED) is 0.709. The molecule has 0 spiro atoms. The molecule has 2 heteroatoms. The molecular weight excluding hydrogens is 162 g/mol. The van der Waals surface area contributed by atoms with Crippen LogP contribution in [0.3, 0.4) is 0 Å². The van der Waals surface area contributed by atoms with Crippen LogP contribution < -0.4 is 5.32 Å². The first-order chi connectivity index (χ1) is 6.24. The molecule has 1 aliphatic rings. The molecular formula is C11H23NO. The monoisotopic (exact) mass is 185 g/mol. The number of hydrogen-bond acceptors (Lipinski definition) is 2. The highest BCUT2D eigenvalue weighted by atomic mass is 16.5. The molecule has 1 saturated heterocycles. The zero-order valence-corrected chi connectivity index (χ0v) is 9.18. The Balaban J connectivity index is 2.10. The Bertz CT molecular complexity index is 132. The van der Waals surface area contributed by atoms with E-state index in [2.05, 4.69) is 26.1 Å². The van der Waals surface area contributed by atoms with Gasteiger partial charge >= 0.3 is 0 Å². The molecule has 0 aromatic rings. The van der Waals surface area contributed by atoms with Gasteiger partial charge in [0.05, 0.1) is 6.10 Å². The number of nitrogens with one attached hydrogen (secondary N) is 1. The Kier molecular flexibility index (Phi) is 4.74. The maximum atomic E-state index is 5.55. The molecule has 0 amide bonds. The Hall–Kier alpha value is -0.0800. The minimum atomic E-state index is 0.478. The van der Waals surface area contributed by atoms with Crippen molar-refractivity contribution in [2.24, 2.45) is 5.92 Å². The number of rotatable bonds is 5. The third-order valence-electron chi connectivity index (χ3n) is 3.19. The van der Waals surface area contributed by atoms with Crippen LogP contribution in [-0.2, 0) is 4.74 Å². The second-order valence-corrected chi connectivity index (χ2v) is 4.22. The van der Waals surface area contributed by atoms with E-state index < -0.39 is 0 Å². The topological polar surface area (TPSA) is 21.3 Å². The predicted octanol–water partition coefficient (Wildman–Crippen LogP) is 2.19. The van der Waals surface area contributed by atoms with Gasteiger partial charge in [-0.05, 0) is 25.7 Å². The smallest absolute Gasteiger partial charge is 0.0700 e. The van der Waals surface area contributed by atoms with E-state index in [1.807, 2.05) is 0 Å². The average Bonchev–Trinajstić information content (AvgIpc) is 2.65. The van der Waals surface area contributed by atoms with Crippen LogP contribution in [-0.4, -0.2) is 25.3 Å². The maximum absolute atomic E-state index is 5.55. The van der Waals surface area contributed by atoms with Crippen molar-refractivity contribution in [1.82, 2.24) is 5.32 Å². The average molecular weight is 185 g/mol. The van der Waals surface area contributed by atoms with Gasteiger partial charge in [0.15, 0.2) is 0 Å². The van der Waals surface area contributed by atoms with E-state index in [4.69, 9.17) is 4.74 Å². The molecule has 1 rings (SSSR count). The molecule has 3 atom stereocenters. The lowest BCUT2D eigenvalue weighted by Gasteiger charge is -2.21. The van der Waals surface area contributed by atoms with E-state index >= 15 is 0 Å². The van der Waals surface area contributed by atoms with Gasteiger partial charge in [-0.2, -0.15) is 0 Å². The maximum Gasteiger partial charge on any atom is 0.0700 e. The van der Waals surface area contributed by atoms with Crippen LogP contribution in [0.15, 0.2) is 0 Å². The second kappa shape index (κ2) is 5.61. The molecule has 78 valence electrons. The standard InChI is InChI=1S/C11H23NO/c1-4-9(2)10(3)12-8-11-6-5-7-13-11/h9-12H,4-8H2,1-3H3/t9-,10+,11+/m1/s1. The fraction of sp³-hybridized carbons (Fsp3) is 1.00. The lowest BCUT2D eigenvalue weighted by molar-refractivity contribution is 0.106. The third kappa shape index (κ3) is 3.65. The summed E-state index contributed by atoms with van der Waals surface area (Å²) >= 11 is 0. The zero-order valence-electron chi connectivity index (χ0n) is 9.18. The van der Waals surface area contributed by atoms with Crippen LogP contribution in [0.1, 0.15) is 40.0 Å². The molecule has 1 heterocycles. The van der Waals surface area contributed by atoms with E-state index in [9.17, 15) is 0 Å². The molecule has 0 aromatic carbocycles. The lowest BCUT2D eigenvalue weighted by Crippen LogP contribution is -2.37. The molecule has 1 N–H and O–H groups in total. The molecule has 0 radical (unpaired) electrons. The fourth-order valence-corrected chi connectivity index (χ4v) is 1.68. The molecule has 0 unspecified atom stereocenters. The first-order valence-electron chi connectivity index (χ1n) is 5.59. The third-order valence-corrected chi connectivity index (χ3v) is 3.19. The zero-order chi connectivity index (χ0) is 9.68. The molecule has 2 nitrogen and oxygen atoms in total. The Labute approximate surface area is 82.0 Å². The van der Waals surface area contributed by atoms with Gasteiger partial charge in [0.2, 0.25) is 0 Å². The molecule has 0 saturated carbocycles. The van der Waals surface area contributed by atoms with Gasteiger partial charge in [0, 0.05) is 19.2 Å². The van der Waals surface area contributed by atoms with Gasteiger partial charge in [0.25, 0.3) is 0 Å². The van der Waals surface area contributed by atoms with Crippen molar-refractivity contribution in [3.05, 3.63) is 0 Å². The molecule has 13 heavy (non-hydrogen) atoms. The van der Waals surface area contributed by atoms with Gasteiger partial charge in [-0.3, -0.25) is 0 Å². The summed E-state index contributed by atoms with van der Waals surface area (Å²) in [7, 11) is 0. The van der Waals surface area contributed by atoms with Crippen molar-refractivity contribution in [3.8, 4) is 0 Å². The summed E-state index contributed by atoms with van der Waals surface area (Å²) in [5, 5.41) is 3.55. The van der Waals surface area contributed by atoms with Crippen LogP contribution in [0.4, 0.5) is 0 Å². The number of ether oxygens (including phenoxy) is 1. The van der Waals surface area contributed by atoms with Crippen LogP contribution >= 0.6 is 0 Å². The SMILES string of the molecule is CC[C@@H](C)[C@H](C)NC[C@@H]1CCCO1. The number of hydrogen-bond donors (Lipinski definition) is 1. The molecule has 1 fully saturated rings. The summed E-state index contributed by atoms with van der Waals surface area (Å²) in [5.74, 6) is 0.765. The summed E-state index contributed by atoms with van der Waals surface area (Å²) in [6, 6.07) is 0.620. The van der Waals surface area contributed by atoms with Crippen molar-refractivity contribution >= 4 is 0 Å². The molecule has 0 aromatic heterocycles. The second-order valence-electron chi connectivity index (χ2n) is 4.22. The van der Waals surface area contributed by atoms with Crippen molar-refractivity contribution in [3.63, 3.8) is 0 Å². The Morgan fingerprint density at radius 2 is 2.23 bits per heavy atom. The lowest BCUT2D eigenvalue weighted by atomic mass is 10.0. The summed E-state index contributed by atoms with van der Waals surface area (Å²) < 4.78 is 5.55. The first-order valence-corrected chi connectivity index (χ1v) is 5.59.